The molecule has 8 heteroatoms. The van der Waals surface area contributed by atoms with Gasteiger partial charge >= 0.3 is 0 Å². The van der Waals surface area contributed by atoms with Crippen LogP contribution in [0.15, 0.2) is 42.5 Å². The molecule has 5 nitrogen and oxygen atoms in total. The molecule has 0 fully saturated rings. The summed E-state index contributed by atoms with van der Waals surface area (Å²) in [6.45, 7) is 2.03. The Morgan fingerprint density at radius 3 is 2.27 bits per heavy atom. The predicted molar refractivity (Wildman–Crippen MR) is 96.7 cm³/mol. The molecule has 0 atom stereocenters. The van der Waals surface area contributed by atoms with Crippen molar-refractivity contribution in [3.63, 3.8) is 0 Å². The van der Waals surface area contributed by atoms with Crippen molar-refractivity contribution in [1.29, 1.82) is 0 Å². The first-order valence-corrected chi connectivity index (χ1v) is 9.87. The second-order valence-electron chi connectivity index (χ2n) is 5.74. The van der Waals surface area contributed by atoms with Crippen LogP contribution in [0.5, 0.6) is 0 Å². The van der Waals surface area contributed by atoms with Gasteiger partial charge in [-0.2, -0.15) is 0 Å². The number of anilines is 1. The molecule has 0 aliphatic heterocycles. The zero-order valence-corrected chi connectivity index (χ0v) is 15.3. The Balaban J connectivity index is 2.05. The number of halogens is 2. The molecule has 0 heterocycles. The third-order valence-electron chi connectivity index (χ3n) is 3.82. The first-order chi connectivity index (χ1) is 12.2. The fourth-order valence-corrected chi connectivity index (χ4v) is 3.32. The molecule has 0 aromatic heterocycles. The van der Waals surface area contributed by atoms with Crippen molar-refractivity contribution in [2.75, 3.05) is 23.7 Å². The van der Waals surface area contributed by atoms with Gasteiger partial charge in [-0.3, -0.25) is 9.10 Å². The summed E-state index contributed by atoms with van der Waals surface area (Å²) in [4.78, 5) is 12.0. The second-order valence-corrected chi connectivity index (χ2v) is 7.65. The average Bonchev–Trinajstić information content (AvgIpc) is 2.60. The van der Waals surface area contributed by atoms with Gasteiger partial charge in [0.25, 0.3) is 5.91 Å². The number of carbonyl (C=O) groups is 1. The van der Waals surface area contributed by atoms with Crippen molar-refractivity contribution < 1.29 is 22.0 Å². The number of carbonyl (C=O) groups excluding carboxylic acids is 1. The lowest BCUT2D eigenvalue weighted by Gasteiger charge is -2.22. The van der Waals surface area contributed by atoms with Gasteiger partial charge in [0.05, 0.1) is 18.5 Å². The van der Waals surface area contributed by atoms with E-state index in [4.69, 9.17) is 0 Å². The van der Waals surface area contributed by atoms with E-state index in [1.807, 2.05) is 19.1 Å². The van der Waals surface area contributed by atoms with E-state index in [9.17, 15) is 22.0 Å². The zero-order chi connectivity index (χ0) is 19.3. The molecular weight excluding hydrogens is 362 g/mol. The Morgan fingerprint density at radius 1 is 1.08 bits per heavy atom. The maximum atomic E-state index is 13.2. The highest BCUT2D eigenvalue weighted by Crippen LogP contribution is 2.18. The van der Waals surface area contributed by atoms with Crippen molar-refractivity contribution in [3.8, 4) is 0 Å². The molecule has 26 heavy (non-hydrogen) atoms. The van der Waals surface area contributed by atoms with Crippen LogP contribution < -0.4 is 9.62 Å². The summed E-state index contributed by atoms with van der Waals surface area (Å²) in [7, 11) is -3.54. The molecule has 0 saturated carbocycles. The highest BCUT2D eigenvalue weighted by molar-refractivity contribution is 7.92. The molecule has 0 aliphatic carbocycles. The van der Waals surface area contributed by atoms with Gasteiger partial charge in [-0.1, -0.05) is 19.1 Å². The summed E-state index contributed by atoms with van der Waals surface area (Å²) in [6, 6.07) is 9.91. The fourth-order valence-electron chi connectivity index (χ4n) is 2.39. The number of benzene rings is 2. The third kappa shape index (κ3) is 5.01. The van der Waals surface area contributed by atoms with Crippen LogP contribution in [0, 0.1) is 11.6 Å². The van der Waals surface area contributed by atoms with Crippen molar-refractivity contribution in [2.45, 2.75) is 13.3 Å². The number of hydrogen-bond acceptors (Lipinski definition) is 3. The number of hydrogen-bond donors (Lipinski definition) is 1. The molecule has 1 N–H and O–H groups in total. The number of nitrogens with one attached hydrogen (secondary N) is 1. The van der Waals surface area contributed by atoms with E-state index in [2.05, 4.69) is 5.32 Å². The summed E-state index contributed by atoms with van der Waals surface area (Å²) < 4.78 is 51.4. The van der Waals surface area contributed by atoms with E-state index in [1.165, 1.54) is 4.31 Å². The van der Waals surface area contributed by atoms with Crippen molar-refractivity contribution in [2.24, 2.45) is 0 Å². The summed E-state index contributed by atoms with van der Waals surface area (Å²) >= 11 is 0. The number of sulfonamides is 1. The minimum atomic E-state index is -3.54. The molecular formula is C18H20F2N2O3S. The highest BCUT2D eigenvalue weighted by Gasteiger charge is 2.18. The van der Waals surface area contributed by atoms with Gasteiger partial charge in [-0.15, -0.1) is 0 Å². The van der Waals surface area contributed by atoms with Crippen LogP contribution in [0.1, 0.15) is 22.8 Å². The monoisotopic (exact) mass is 382 g/mol. The fraction of sp³-hybridized carbons (Fsp3) is 0.278. The lowest BCUT2D eigenvalue weighted by molar-refractivity contribution is 0.0954. The van der Waals surface area contributed by atoms with E-state index in [0.717, 1.165) is 36.4 Å². The lowest BCUT2D eigenvalue weighted by atomic mass is 10.1. The Kier molecular flexibility index (Phi) is 6.31. The normalized spacial score (nSPS) is 11.2. The van der Waals surface area contributed by atoms with Crippen molar-refractivity contribution in [3.05, 3.63) is 65.2 Å². The van der Waals surface area contributed by atoms with Gasteiger partial charge in [-0.05, 0) is 42.3 Å². The van der Waals surface area contributed by atoms with Gasteiger partial charge in [-0.25, -0.2) is 17.2 Å². The smallest absolute Gasteiger partial charge is 0.251 e. The molecule has 0 radical (unpaired) electrons. The minimum absolute atomic E-state index is 0.0136. The van der Waals surface area contributed by atoms with E-state index in [-0.39, 0.29) is 18.7 Å². The van der Waals surface area contributed by atoms with Crippen molar-refractivity contribution >= 4 is 21.6 Å². The van der Waals surface area contributed by atoms with Gasteiger partial charge in [0.2, 0.25) is 10.0 Å². The second kappa shape index (κ2) is 8.27. The highest BCUT2D eigenvalue weighted by atomic mass is 32.2. The summed E-state index contributed by atoms with van der Waals surface area (Å²) in [5, 5.41) is 2.51. The summed E-state index contributed by atoms with van der Waals surface area (Å²) in [5.74, 6) is -2.77. The van der Waals surface area contributed by atoms with E-state index in [0.29, 0.717) is 5.69 Å². The molecule has 0 saturated heterocycles. The van der Waals surface area contributed by atoms with Gasteiger partial charge in [0, 0.05) is 12.1 Å². The molecule has 2 aromatic rings. The molecule has 0 spiro atoms. The van der Waals surface area contributed by atoms with Crippen LogP contribution in [-0.4, -0.2) is 33.7 Å². The first-order valence-electron chi connectivity index (χ1n) is 8.02. The van der Waals surface area contributed by atoms with Crippen molar-refractivity contribution in [1.82, 2.24) is 5.32 Å². The Labute approximate surface area is 151 Å². The van der Waals surface area contributed by atoms with E-state index in [1.54, 1.807) is 12.1 Å². The first kappa shape index (κ1) is 19.8. The molecule has 140 valence electrons. The predicted octanol–water partition coefficient (Wildman–Crippen LogP) is 2.72. The number of amides is 1. The Morgan fingerprint density at radius 2 is 1.73 bits per heavy atom. The van der Waals surface area contributed by atoms with E-state index >= 15 is 0 Å². The molecule has 0 aliphatic rings. The van der Waals surface area contributed by atoms with E-state index < -0.39 is 27.6 Å². The zero-order valence-electron chi connectivity index (χ0n) is 14.5. The van der Waals surface area contributed by atoms with Crippen LogP contribution in [0.3, 0.4) is 0 Å². The molecule has 0 unspecified atom stereocenters. The number of aryl methyl sites for hydroxylation is 1. The largest absolute Gasteiger partial charge is 0.350 e. The maximum absolute atomic E-state index is 13.2. The quantitative estimate of drug-likeness (QED) is 0.801. The Bertz CT molecular complexity index is 884. The molecule has 2 rings (SSSR count). The minimum Gasteiger partial charge on any atom is -0.350 e. The lowest BCUT2D eigenvalue weighted by Crippen LogP contribution is -2.38. The number of nitrogens with zero attached hydrogens (tertiary/aromatic N) is 1. The average molecular weight is 382 g/mol. The summed E-state index contributed by atoms with van der Waals surface area (Å²) in [6.07, 6.45) is 1.92. The van der Waals surface area contributed by atoms with Crippen LogP contribution in [0.25, 0.3) is 0 Å². The van der Waals surface area contributed by atoms with Crippen LogP contribution in [0.4, 0.5) is 14.5 Å². The van der Waals surface area contributed by atoms with Gasteiger partial charge in [0.15, 0.2) is 11.6 Å². The Hall–Kier alpha value is -2.48. The maximum Gasteiger partial charge on any atom is 0.251 e. The summed E-state index contributed by atoms with van der Waals surface area (Å²) in [5.41, 5.74) is 1.53. The van der Waals surface area contributed by atoms with Crippen LogP contribution >= 0.6 is 0 Å². The van der Waals surface area contributed by atoms with Gasteiger partial charge < -0.3 is 5.32 Å². The van der Waals surface area contributed by atoms with Crippen LogP contribution in [-0.2, 0) is 16.4 Å². The molecule has 2 aromatic carbocycles. The number of rotatable bonds is 7. The van der Waals surface area contributed by atoms with Gasteiger partial charge in [0.1, 0.15) is 0 Å². The van der Waals surface area contributed by atoms with Crippen LogP contribution in [0.2, 0.25) is 0 Å². The molecule has 0 bridgehead atoms. The standard InChI is InChI=1S/C18H20F2N2O3S/c1-3-13-4-7-15(8-5-13)22(26(2,24)25)11-10-21-18(23)14-6-9-16(19)17(20)12-14/h4-9,12H,3,10-11H2,1-2H3,(H,21,23). The molecule has 1 amide bonds. The third-order valence-corrected chi connectivity index (χ3v) is 5.01. The SMILES string of the molecule is CCc1ccc(N(CCNC(=O)c2ccc(F)c(F)c2)S(C)(=O)=O)cc1. The topological polar surface area (TPSA) is 66.5 Å².